The van der Waals surface area contributed by atoms with Gasteiger partial charge in [-0.25, -0.2) is 10.6 Å². The molecule has 1 aromatic heterocycles. The maximum absolute atomic E-state index is 13.0. The number of nitrogens with zero attached hydrogens (tertiary/aromatic N) is 2. The number of carbonyl (C=O) groups is 1. The summed E-state index contributed by atoms with van der Waals surface area (Å²) in [6.07, 6.45) is -5.58. The Morgan fingerprint density at radius 1 is 1.50 bits per heavy atom. The van der Waals surface area contributed by atoms with Crippen molar-refractivity contribution in [3.05, 3.63) is 23.8 Å². The Hall–Kier alpha value is -2.29. The Morgan fingerprint density at radius 3 is 2.80 bits per heavy atom. The van der Waals surface area contributed by atoms with Crippen molar-refractivity contribution in [3.63, 3.8) is 0 Å². The van der Waals surface area contributed by atoms with Crippen LogP contribution in [-0.4, -0.2) is 22.9 Å². The van der Waals surface area contributed by atoms with Gasteiger partial charge in [0.15, 0.2) is 5.82 Å². The van der Waals surface area contributed by atoms with Crippen LogP contribution in [0.4, 0.5) is 23.8 Å². The molecule has 0 aliphatic carbocycles. The Balaban J connectivity index is 2.58. The summed E-state index contributed by atoms with van der Waals surface area (Å²) in [5.41, 5.74) is -0.812. The fraction of sp³-hybridized carbons (Fsp3) is 0.273. The normalized spacial score (nSPS) is 11.7. The summed E-state index contributed by atoms with van der Waals surface area (Å²) in [5, 5.41) is 6.21. The first kappa shape index (κ1) is 14.1. The van der Waals surface area contributed by atoms with Gasteiger partial charge in [0.25, 0.3) is 0 Å². The van der Waals surface area contributed by atoms with Gasteiger partial charge in [-0.1, -0.05) is 6.07 Å². The van der Waals surface area contributed by atoms with Crippen LogP contribution >= 0.6 is 0 Å². The van der Waals surface area contributed by atoms with Gasteiger partial charge < -0.3 is 4.74 Å². The Kier molecular flexibility index (Phi) is 3.53. The largest absolute Gasteiger partial charge is 0.448 e. The Morgan fingerprint density at radius 2 is 2.20 bits per heavy atom. The van der Waals surface area contributed by atoms with Gasteiger partial charge in [0.05, 0.1) is 23.1 Å². The number of hydrazine groups is 1. The number of anilines is 1. The van der Waals surface area contributed by atoms with E-state index in [1.165, 1.54) is 12.1 Å². The molecule has 0 unspecified atom stereocenters. The SMILES string of the molecule is CCOC(=O)N(N)c1n[nH]c2cccc(C(F)(F)F)c12. The van der Waals surface area contributed by atoms with Crippen LogP contribution in [0.2, 0.25) is 0 Å². The number of rotatable bonds is 2. The number of hydrogen-bond donors (Lipinski definition) is 2. The lowest BCUT2D eigenvalue weighted by Crippen LogP contribution is -2.38. The van der Waals surface area contributed by atoms with Crippen molar-refractivity contribution in [2.45, 2.75) is 13.1 Å². The van der Waals surface area contributed by atoms with E-state index in [2.05, 4.69) is 14.9 Å². The van der Waals surface area contributed by atoms with E-state index < -0.39 is 17.8 Å². The molecule has 0 bridgehead atoms. The molecule has 20 heavy (non-hydrogen) atoms. The first-order chi connectivity index (χ1) is 9.36. The number of halogens is 3. The molecule has 108 valence electrons. The fourth-order valence-electron chi connectivity index (χ4n) is 1.75. The number of carbonyl (C=O) groups excluding carboxylic acids is 1. The molecule has 6 nitrogen and oxygen atoms in total. The molecular formula is C11H11F3N4O2. The van der Waals surface area contributed by atoms with Crippen molar-refractivity contribution in [2.24, 2.45) is 5.84 Å². The van der Waals surface area contributed by atoms with Crippen molar-refractivity contribution in [2.75, 3.05) is 11.6 Å². The lowest BCUT2D eigenvalue weighted by molar-refractivity contribution is -0.136. The highest BCUT2D eigenvalue weighted by molar-refractivity contribution is 6.00. The van der Waals surface area contributed by atoms with Gasteiger partial charge in [-0.05, 0) is 19.1 Å². The molecule has 0 spiro atoms. The third-order valence-corrected chi connectivity index (χ3v) is 2.57. The maximum Gasteiger partial charge on any atom is 0.430 e. The summed E-state index contributed by atoms with van der Waals surface area (Å²) in [4.78, 5) is 11.5. The summed E-state index contributed by atoms with van der Waals surface area (Å²) < 4.78 is 43.5. The number of aromatic amines is 1. The monoisotopic (exact) mass is 288 g/mol. The van der Waals surface area contributed by atoms with E-state index in [-0.39, 0.29) is 23.3 Å². The van der Waals surface area contributed by atoms with Crippen LogP contribution in [0, 0.1) is 0 Å². The number of fused-ring (bicyclic) bond motifs is 1. The lowest BCUT2D eigenvalue weighted by Gasteiger charge is -2.15. The second kappa shape index (κ2) is 5.00. The molecular weight excluding hydrogens is 277 g/mol. The highest BCUT2D eigenvalue weighted by Gasteiger charge is 2.35. The van der Waals surface area contributed by atoms with Crippen LogP contribution in [0.3, 0.4) is 0 Å². The number of aromatic nitrogens is 2. The molecule has 1 amide bonds. The zero-order chi connectivity index (χ0) is 14.9. The molecule has 3 N–H and O–H groups in total. The van der Waals surface area contributed by atoms with Crippen LogP contribution in [0.25, 0.3) is 10.9 Å². The number of amides is 1. The second-order valence-electron chi connectivity index (χ2n) is 3.84. The van der Waals surface area contributed by atoms with Crippen molar-refractivity contribution in [1.82, 2.24) is 10.2 Å². The fourth-order valence-corrected chi connectivity index (χ4v) is 1.75. The summed E-state index contributed by atoms with van der Waals surface area (Å²) in [6.45, 7) is 1.59. The average Bonchev–Trinajstić information content (AvgIpc) is 2.80. The highest BCUT2D eigenvalue weighted by atomic mass is 19.4. The first-order valence-electron chi connectivity index (χ1n) is 5.62. The molecule has 1 aromatic carbocycles. The number of H-pyrrole nitrogens is 1. The third kappa shape index (κ3) is 2.39. The van der Waals surface area contributed by atoms with Crippen molar-refractivity contribution in [1.29, 1.82) is 0 Å². The highest BCUT2D eigenvalue weighted by Crippen LogP contribution is 2.37. The van der Waals surface area contributed by atoms with Gasteiger partial charge in [0, 0.05) is 0 Å². The molecule has 9 heteroatoms. The minimum atomic E-state index is -4.59. The van der Waals surface area contributed by atoms with E-state index in [0.29, 0.717) is 5.01 Å². The van der Waals surface area contributed by atoms with Crippen LogP contribution in [-0.2, 0) is 10.9 Å². The first-order valence-corrected chi connectivity index (χ1v) is 5.62. The van der Waals surface area contributed by atoms with E-state index in [1.54, 1.807) is 6.92 Å². The molecule has 0 fully saturated rings. The molecule has 0 radical (unpaired) electrons. The minimum Gasteiger partial charge on any atom is -0.448 e. The number of nitrogens with two attached hydrogens (primary N) is 1. The summed E-state index contributed by atoms with van der Waals surface area (Å²) >= 11 is 0. The van der Waals surface area contributed by atoms with Gasteiger partial charge >= 0.3 is 12.3 Å². The average molecular weight is 288 g/mol. The third-order valence-electron chi connectivity index (χ3n) is 2.57. The van der Waals surface area contributed by atoms with Crippen molar-refractivity contribution < 1.29 is 22.7 Å². The zero-order valence-corrected chi connectivity index (χ0v) is 10.4. The predicted octanol–water partition coefficient (Wildman–Crippen LogP) is 2.42. The standard InChI is InChI=1S/C11H11F3N4O2/c1-2-20-10(19)18(15)9-8-6(11(12,13)14)4-3-5-7(8)16-17-9/h3-5H,2,15H2,1H3,(H,16,17). The van der Waals surface area contributed by atoms with Crippen LogP contribution in [0.5, 0.6) is 0 Å². The number of nitrogens with one attached hydrogen (secondary N) is 1. The number of ether oxygens (including phenoxy) is 1. The van der Waals surface area contributed by atoms with Gasteiger partial charge in [-0.2, -0.15) is 23.3 Å². The minimum absolute atomic E-state index is 0.0427. The smallest absolute Gasteiger partial charge is 0.430 e. The Bertz CT molecular complexity index is 638. The molecule has 2 rings (SSSR count). The van der Waals surface area contributed by atoms with E-state index >= 15 is 0 Å². The van der Waals surface area contributed by atoms with Crippen molar-refractivity contribution in [3.8, 4) is 0 Å². The zero-order valence-electron chi connectivity index (χ0n) is 10.4. The summed E-state index contributed by atoms with van der Waals surface area (Å²) in [7, 11) is 0. The molecule has 0 saturated carbocycles. The van der Waals surface area contributed by atoms with Crippen LogP contribution < -0.4 is 10.9 Å². The van der Waals surface area contributed by atoms with Crippen LogP contribution in [0.1, 0.15) is 12.5 Å². The van der Waals surface area contributed by atoms with Gasteiger partial charge in [0.2, 0.25) is 0 Å². The maximum atomic E-state index is 13.0. The van der Waals surface area contributed by atoms with Crippen LogP contribution in [0.15, 0.2) is 18.2 Å². The van der Waals surface area contributed by atoms with E-state index in [4.69, 9.17) is 5.84 Å². The number of alkyl halides is 3. The van der Waals surface area contributed by atoms with Crippen molar-refractivity contribution >= 4 is 22.8 Å². The van der Waals surface area contributed by atoms with E-state index in [9.17, 15) is 18.0 Å². The van der Waals surface area contributed by atoms with E-state index in [0.717, 1.165) is 6.07 Å². The predicted molar refractivity (Wildman–Crippen MR) is 64.8 cm³/mol. The van der Waals surface area contributed by atoms with Gasteiger partial charge in [-0.3, -0.25) is 5.10 Å². The molecule has 0 aliphatic rings. The summed E-state index contributed by atoms with van der Waals surface area (Å²) in [6, 6.07) is 3.53. The quantitative estimate of drug-likeness (QED) is 0.505. The number of hydrogen-bond acceptors (Lipinski definition) is 4. The Labute approximate surface area is 111 Å². The number of benzene rings is 1. The molecule has 1 heterocycles. The van der Waals surface area contributed by atoms with Gasteiger partial charge in [-0.15, -0.1) is 0 Å². The summed E-state index contributed by atoms with van der Waals surface area (Å²) in [5.74, 6) is 5.11. The topological polar surface area (TPSA) is 84.2 Å². The molecule has 0 saturated heterocycles. The lowest BCUT2D eigenvalue weighted by atomic mass is 10.1. The van der Waals surface area contributed by atoms with E-state index in [1.807, 2.05) is 0 Å². The molecule has 0 atom stereocenters. The molecule has 0 aliphatic heterocycles. The second-order valence-corrected chi connectivity index (χ2v) is 3.84. The molecule has 2 aromatic rings. The van der Waals surface area contributed by atoms with Gasteiger partial charge in [0.1, 0.15) is 0 Å².